The number of halogens is 4. The van der Waals surface area contributed by atoms with Gasteiger partial charge in [-0.15, -0.1) is 0 Å². The van der Waals surface area contributed by atoms with Crippen LogP contribution in [0.2, 0.25) is 0 Å². The number of hydrogen-bond acceptors (Lipinski definition) is 2. The first-order valence-electron chi connectivity index (χ1n) is 19.1. The molecule has 8 N–H and O–H groups in total. The number of carboxylic acids is 2. The van der Waals surface area contributed by atoms with Crippen LogP contribution in [0.4, 0.5) is 0 Å². The molecule has 324 valence electrons. The van der Waals surface area contributed by atoms with Crippen LogP contribution in [0.1, 0.15) is 194 Å². The Hall–Kier alpha value is 1.32. The van der Waals surface area contributed by atoms with Crippen molar-refractivity contribution in [1.82, 2.24) is 0 Å². The van der Waals surface area contributed by atoms with Gasteiger partial charge in [-0.25, -0.2) is 0 Å². The van der Waals surface area contributed by atoms with Crippen molar-refractivity contribution in [2.24, 2.45) is 11.8 Å². The van der Waals surface area contributed by atoms with Gasteiger partial charge in [0.1, 0.15) is 0 Å². The summed E-state index contributed by atoms with van der Waals surface area (Å²) in [5.41, 5.74) is 14.8. The van der Waals surface area contributed by atoms with Crippen molar-refractivity contribution < 1.29 is 63.7 Å². The summed E-state index contributed by atoms with van der Waals surface area (Å²) in [6.07, 6.45) is 32.6. The molecule has 2 fully saturated rings. The molecule has 14 heteroatoms. The van der Waals surface area contributed by atoms with Gasteiger partial charge in [0.2, 0.25) is 0 Å². The molecule has 0 spiro atoms. The van der Waals surface area contributed by atoms with E-state index in [9.17, 15) is 9.59 Å². The molecular formula is C38H78Cl4N2O6Pt2. The summed E-state index contributed by atoms with van der Waals surface area (Å²) in [6, 6.07) is 0.285. The number of nitrogens with one attached hydrogen (secondary N) is 2. The van der Waals surface area contributed by atoms with E-state index in [1.54, 1.807) is 0 Å². The van der Waals surface area contributed by atoms with Crippen LogP contribution in [0.25, 0.3) is 11.5 Å². The van der Waals surface area contributed by atoms with E-state index in [1.165, 1.54) is 128 Å². The summed E-state index contributed by atoms with van der Waals surface area (Å²) in [5.74, 6) is -0.478. The van der Waals surface area contributed by atoms with Crippen LogP contribution in [-0.4, -0.2) is 45.2 Å². The second-order valence-corrected chi connectivity index (χ2v) is 19.9. The Labute approximate surface area is 353 Å². The van der Waals surface area contributed by atoms with Crippen molar-refractivity contribution in [3.8, 4) is 0 Å². The SMILES string of the molecule is CCCCCCCCCCCC(=O)O.CCCCCCCCCCCC(=O)O.O.O.[CH2-][C@@H]1CCCC[C@H]1[NH-].[CH2-][C@@H]1CCCC[C@H]1[NH-].[Cl][Pt+2][Cl].[Cl][Pt+2][Cl]. The standard InChI is InChI=1S/2C12H24O2.2C7H13N.4ClH.2H2O.2Pt/c2*1-2-3-4-5-6-7-8-9-10-11-12(13)14;2*1-6-4-2-3-5-7(6)8;;;;;;;;/h2*2-11H2,1H3,(H,13,14);2*6-8H,1-5H2;4*1H;2*1H2;;/q;;2*-2;;;;;;;2*+4/p-4/t;;2*6-,7-;;;;;;;;/m..11......../s1. The molecular weight excluding hydrogens is 1110 g/mol. The monoisotopic (exact) mass is 1190 g/mol. The Bertz CT molecular complexity index is 609. The number of carbonyl (C=O) groups is 2. The second kappa shape index (κ2) is 56.6. The minimum absolute atomic E-state index is 0. The number of carboxylic acid groups (broad SMARTS) is 2. The van der Waals surface area contributed by atoms with Crippen molar-refractivity contribution >= 4 is 49.6 Å². The summed E-state index contributed by atoms with van der Waals surface area (Å²) in [4.78, 5) is 20.4. The Morgan fingerprint density at radius 1 is 0.519 bits per heavy atom. The zero-order chi connectivity index (χ0) is 38.7. The summed E-state index contributed by atoms with van der Waals surface area (Å²) in [6.45, 7) is 12.2. The fourth-order valence-corrected chi connectivity index (χ4v) is 5.59. The van der Waals surface area contributed by atoms with E-state index in [0.29, 0.717) is 24.7 Å². The Balaban J connectivity index is -0.000000130. The zero-order valence-electron chi connectivity index (χ0n) is 32.4. The van der Waals surface area contributed by atoms with E-state index >= 15 is 0 Å². The summed E-state index contributed by atoms with van der Waals surface area (Å²) < 4.78 is 0. The first-order chi connectivity index (χ1) is 24.0. The third-order valence-corrected chi connectivity index (χ3v) is 8.81. The quantitative estimate of drug-likeness (QED) is 0.0908. The zero-order valence-corrected chi connectivity index (χ0v) is 39.9. The van der Waals surface area contributed by atoms with Crippen LogP contribution >= 0.6 is 37.7 Å². The van der Waals surface area contributed by atoms with Crippen LogP contribution in [0.5, 0.6) is 0 Å². The first-order valence-corrected chi connectivity index (χ1v) is 30.4. The average molecular weight is 1190 g/mol. The van der Waals surface area contributed by atoms with Gasteiger partial charge in [-0.2, -0.15) is 23.9 Å². The molecule has 0 unspecified atom stereocenters. The van der Waals surface area contributed by atoms with Gasteiger partial charge < -0.3 is 46.5 Å². The molecule has 2 saturated carbocycles. The average Bonchev–Trinajstić information content (AvgIpc) is 3.07. The molecule has 0 heterocycles. The third kappa shape index (κ3) is 63.3. The van der Waals surface area contributed by atoms with Crippen LogP contribution in [-0.2, 0) is 42.6 Å². The molecule has 52 heavy (non-hydrogen) atoms. The summed E-state index contributed by atoms with van der Waals surface area (Å²) >= 11 is -0.944. The molecule has 0 saturated heterocycles. The van der Waals surface area contributed by atoms with E-state index in [2.05, 4.69) is 27.7 Å². The number of rotatable bonds is 20. The summed E-state index contributed by atoms with van der Waals surface area (Å²) in [5, 5.41) is 16.8. The molecule has 0 aromatic heterocycles. The fourth-order valence-electron chi connectivity index (χ4n) is 5.59. The molecule has 8 nitrogen and oxygen atoms in total. The number of aliphatic carboxylic acids is 2. The van der Waals surface area contributed by atoms with E-state index in [0.717, 1.165) is 38.5 Å². The van der Waals surface area contributed by atoms with Gasteiger partial charge in [-0.3, -0.25) is 9.59 Å². The molecule has 2 aliphatic rings. The van der Waals surface area contributed by atoms with Crippen LogP contribution in [0.3, 0.4) is 0 Å². The number of hydrogen-bond donors (Lipinski definition) is 2. The van der Waals surface area contributed by atoms with Gasteiger partial charge in [0.25, 0.3) is 0 Å². The Kier molecular flexibility index (Phi) is 71.0. The molecule has 0 aromatic rings. The second-order valence-electron chi connectivity index (χ2n) is 13.3. The molecule has 0 aliphatic heterocycles. The van der Waals surface area contributed by atoms with E-state index in [1.807, 2.05) is 0 Å². The van der Waals surface area contributed by atoms with Crippen LogP contribution in [0, 0.1) is 25.7 Å². The predicted octanol–water partition coefficient (Wildman–Crippen LogP) is 14.0. The number of unbranched alkanes of at least 4 members (excludes halogenated alkanes) is 16. The van der Waals surface area contributed by atoms with Gasteiger partial charge in [0, 0.05) is 12.8 Å². The van der Waals surface area contributed by atoms with Crippen molar-refractivity contribution in [1.29, 1.82) is 0 Å². The van der Waals surface area contributed by atoms with E-state index in [-0.39, 0.29) is 23.0 Å². The molecule has 0 bridgehead atoms. The maximum atomic E-state index is 10.2. The maximum absolute atomic E-state index is 10.2. The predicted molar refractivity (Wildman–Crippen MR) is 220 cm³/mol. The van der Waals surface area contributed by atoms with Gasteiger partial charge in [-0.05, 0) is 12.8 Å². The molecule has 2 rings (SSSR count). The fraction of sp³-hybridized carbons (Fsp3) is 0.895. The van der Waals surface area contributed by atoms with Gasteiger partial charge in [0.05, 0.1) is 0 Å². The molecule has 2 aliphatic carbocycles. The molecule has 0 aromatic carbocycles. The molecule has 4 atom stereocenters. The van der Waals surface area contributed by atoms with Crippen molar-refractivity contribution in [3.63, 3.8) is 0 Å². The minimum atomic E-state index is -0.659. The first kappa shape index (κ1) is 65.2. The van der Waals surface area contributed by atoms with E-state index in [4.69, 9.17) is 59.4 Å². The third-order valence-electron chi connectivity index (χ3n) is 8.81. The van der Waals surface area contributed by atoms with Gasteiger partial charge in [0.15, 0.2) is 0 Å². The summed E-state index contributed by atoms with van der Waals surface area (Å²) in [7, 11) is 19.5. The molecule has 0 radical (unpaired) electrons. The topological polar surface area (TPSA) is 185 Å². The van der Waals surface area contributed by atoms with Crippen LogP contribution < -0.4 is 0 Å². The van der Waals surface area contributed by atoms with Gasteiger partial charge in [-0.1, -0.05) is 168 Å². The van der Waals surface area contributed by atoms with Gasteiger partial charge >= 0.3 is 82.6 Å². The Morgan fingerprint density at radius 2 is 0.731 bits per heavy atom. The Morgan fingerprint density at radius 3 is 0.904 bits per heavy atom. The van der Waals surface area contributed by atoms with Crippen molar-refractivity contribution in [2.75, 3.05) is 0 Å². The van der Waals surface area contributed by atoms with Crippen molar-refractivity contribution in [2.45, 2.75) is 206 Å². The van der Waals surface area contributed by atoms with Crippen LogP contribution in [0.15, 0.2) is 0 Å². The van der Waals surface area contributed by atoms with E-state index < -0.39 is 44.9 Å². The normalized spacial score (nSPS) is 18.7. The molecule has 0 amide bonds. The van der Waals surface area contributed by atoms with Crippen molar-refractivity contribution in [3.05, 3.63) is 25.3 Å².